The van der Waals surface area contributed by atoms with Crippen molar-refractivity contribution in [3.05, 3.63) is 35.1 Å². The lowest BCUT2D eigenvalue weighted by atomic mass is 9.79. The highest BCUT2D eigenvalue weighted by atomic mass is 32.1. The quantitative estimate of drug-likeness (QED) is 0.749. The molecule has 1 unspecified atom stereocenters. The molecule has 2 aromatic heterocycles. The van der Waals surface area contributed by atoms with Crippen LogP contribution in [0.25, 0.3) is 0 Å². The Kier molecular flexibility index (Phi) is 4.47. The lowest BCUT2D eigenvalue weighted by Gasteiger charge is -2.50. The Morgan fingerprint density at radius 2 is 2.17 bits per heavy atom. The third-order valence-electron chi connectivity index (χ3n) is 4.93. The molecule has 2 aromatic rings. The maximum absolute atomic E-state index is 6.11. The van der Waals surface area contributed by atoms with Gasteiger partial charge in [-0.25, -0.2) is 0 Å². The van der Waals surface area contributed by atoms with E-state index in [1.54, 1.807) is 23.7 Å². The molecule has 0 aromatic carbocycles. The monoisotopic (exact) mass is 346 g/mol. The second-order valence-corrected chi connectivity index (χ2v) is 7.72. The smallest absolute Gasteiger partial charge is 0.208 e. The van der Waals surface area contributed by atoms with E-state index in [1.807, 2.05) is 19.1 Å². The van der Waals surface area contributed by atoms with Gasteiger partial charge in [-0.05, 0) is 43.4 Å². The van der Waals surface area contributed by atoms with Crippen molar-refractivity contribution in [3.8, 4) is 0 Å². The van der Waals surface area contributed by atoms with Crippen molar-refractivity contribution in [2.75, 3.05) is 31.2 Å². The first kappa shape index (κ1) is 15.9. The molecule has 0 radical (unpaired) electrons. The number of hydrogen-bond donors (Lipinski definition) is 0. The summed E-state index contributed by atoms with van der Waals surface area (Å²) in [6, 6.07) is 3.99. The molecule has 0 N–H and O–H groups in total. The van der Waals surface area contributed by atoms with Gasteiger partial charge in [0.15, 0.2) is 0 Å². The fourth-order valence-corrected chi connectivity index (χ4v) is 4.27. The third-order valence-corrected chi connectivity index (χ3v) is 5.83. The van der Waals surface area contributed by atoms with E-state index in [9.17, 15) is 0 Å². The van der Waals surface area contributed by atoms with Crippen LogP contribution in [0.5, 0.6) is 0 Å². The van der Waals surface area contributed by atoms with Crippen LogP contribution in [-0.2, 0) is 16.1 Å². The van der Waals surface area contributed by atoms with Gasteiger partial charge >= 0.3 is 0 Å². The van der Waals surface area contributed by atoms with Gasteiger partial charge in [0.25, 0.3) is 0 Å². The molecule has 0 aliphatic carbocycles. The lowest BCUT2D eigenvalue weighted by Crippen LogP contribution is -2.65. The number of aryl methyl sites for hydroxylation is 1. The standard InChI is InChI=1S/C17H22N4O2S/c1-13-19-20-16(24-13)21-11-17(12-21)15(5-9-23-17)4-8-22-10-14-2-6-18-7-3-14/h2-3,6-7,15H,4-5,8-12H2,1H3. The molecule has 7 heteroatoms. The molecular formula is C17H22N4O2S. The van der Waals surface area contributed by atoms with Crippen LogP contribution >= 0.6 is 11.3 Å². The van der Waals surface area contributed by atoms with Gasteiger partial charge in [0, 0.05) is 25.6 Å². The number of nitrogens with zero attached hydrogens (tertiary/aromatic N) is 4. The van der Waals surface area contributed by atoms with Crippen LogP contribution in [0.2, 0.25) is 0 Å². The summed E-state index contributed by atoms with van der Waals surface area (Å²) in [4.78, 5) is 6.30. The summed E-state index contributed by atoms with van der Waals surface area (Å²) in [5.41, 5.74) is 1.17. The molecule has 0 amide bonds. The van der Waals surface area contributed by atoms with Crippen LogP contribution in [0.1, 0.15) is 23.4 Å². The summed E-state index contributed by atoms with van der Waals surface area (Å²) >= 11 is 1.65. The molecule has 24 heavy (non-hydrogen) atoms. The average molecular weight is 346 g/mol. The molecular weight excluding hydrogens is 324 g/mol. The summed E-state index contributed by atoms with van der Waals surface area (Å²) in [5, 5.41) is 10.4. The Morgan fingerprint density at radius 3 is 2.92 bits per heavy atom. The van der Waals surface area contributed by atoms with Crippen LogP contribution in [0.4, 0.5) is 5.13 Å². The Labute approximate surface area is 145 Å². The predicted octanol–water partition coefficient (Wildman–Crippen LogP) is 2.44. The van der Waals surface area contributed by atoms with Crippen molar-refractivity contribution in [3.63, 3.8) is 0 Å². The summed E-state index contributed by atoms with van der Waals surface area (Å²) in [7, 11) is 0. The molecule has 1 spiro atoms. The van der Waals surface area contributed by atoms with Crippen molar-refractivity contribution in [1.82, 2.24) is 15.2 Å². The number of anilines is 1. The second kappa shape index (κ2) is 6.74. The first-order chi connectivity index (χ1) is 11.8. The normalized spacial score (nSPS) is 22.0. The van der Waals surface area contributed by atoms with Crippen molar-refractivity contribution in [1.29, 1.82) is 0 Å². The molecule has 0 saturated carbocycles. The van der Waals surface area contributed by atoms with Gasteiger partial charge in [0.2, 0.25) is 5.13 Å². The van der Waals surface area contributed by atoms with Gasteiger partial charge in [-0.1, -0.05) is 11.3 Å². The zero-order chi connectivity index (χ0) is 16.4. The largest absolute Gasteiger partial charge is 0.377 e. The maximum atomic E-state index is 6.11. The molecule has 2 saturated heterocycles. The van der Waals surface area contributed by atoms with Gasteiger partial charge in [0.05, 0.1) is 19.7 Å². The molecule has 2 fully saturated rings. The van der Waals surface area contributed by atoms with Gasteiger partial charge in [0.1, 0.15) is 10.6 Å². The number of hydrogen-bond acceptors (Lipinski definition) is 7. The summed E-state index contributed by atoms with van der Waals surface area (Å²) in [6.07, 6.45) is 5.78. The van der Waals surface area contributed by atoms with E-state index in [4.69, 9.17) is 9.47 Å². The first-order valence-electron chi connectivity index (χ1n) is 8.41. The van der Waals surface area contributed by atoms with E-state index in [0.29, 0.717) is 12.5 Å². The number of rotatable bonds is 6. The van der Waals surface area contributed by atoms with Gasteiger partial charge < -0.3 is 14.4 Å². The van der Waals surface area contributed by atoms with Crippen LogP contribution in [0.3, 0.4) is 0 Å². The van der Waals surface area contributed by atoms with Crippen molar-refractivity contribution >= 4 is 16.5 Å². The lowest BCUT2D eigenvalue weighted by molar-refractivity contribution is -0.0509. The first-order valence-corrected chi connectivity index (χ1v) is 9.22. The second-order valence-electron chi connectivity index (χ2n) is 6.56. The van der Waals surface area contributed by atoms with Gasteiger partial charge in [-0.2, -0.15) is 0 Å². The van der Waals surface area contributed by atoms with Gasteiger partial charge in [-0.3, -0.25) is 4.98 Å². The molecule has 4 heterocycles. The molecule has 0 bridgehead atoms. The molecule has 6 nitrogen and oxygen atoms in total. The zero-order valence-corrected chi connectivity index (χ0v) is 14.7. The number of ether oxygens (including phenoxy) is 2. The Hall–Kier alpha value is -1.57. The highest BCUT2D eigenvalue weighted by Gasteiger charge is 2.53. The maximum Gasteiger partial charge on any atom is 0.208 e. The average Bonchev–Trinajstić information content (AvgIpc) is 3.17. The molecule has 128 valence electrons. The topological polar surface area (TPSA) is 60.4 Å². The number of aromatic nitrogens is 3. The fourth-order valence-electron chi connectivity index (χ4n) is 3.59. The van der Waals surface area contributed by atoms with Crippen molar-refractivity contribution < 1.29 is 9.47 Å². The van der Waals surface area contributed by atoms with Crippen molar-refractivity contribution in [2.45, 2.75) is 32.0 Å². The highest BCUT2D eigenvalue weighted by Crippen LogP contribution is 2.43. The third kappa shape index (κ3) is 3.16. The molecule has 1 atom stereocenters. The van der Waals surface area contributed by atoms with E-state index in [0.717, 1.165) is 49.3 Å². The molecule has 2 aliphatic rings. The zero-order valence-electron chi connectivity index (χ0n) is 13.9. The summed E-state index contributed by atoms with van der Waals surface area (Å²) in [5.74, 6) is 0.570. The van der Waals surface area contributed by atoms with E-state index in [1.165, 1.54) is 5.56 Å². The highest BCUT2D eigenvalue weighted by molar-refractivity contribution is 7.15. The minimum Gasteiger partial charge on any atom is -0.377 e. The molecule has 2 aliphatic heterocycles. The number of pyridine rings is 1. The minimum absolute atomic E-state index is 0.000395. The summed E-state index contributed by atoms with van der Waals surface area (Å²) in [6.45, 7) is 6.13. The fraction of sp³-hybridized carbons (Fsp3) is 0.588. The minimum atomic E-state index is -0.000395. The van der Waals surface area contributed by atoms with Gasteiger partial charge in [-0.15, -0.1) is 10.2 Å². The predicted molar refractivity (Wildman–Crippen MR) is 92.2 cm³/mol. The van der Waals surface area contributed by atoms with E-state index >= 15 is 0 Å². The summed E-state index contributed by atoms with van der Waals surface area (Å²) < 4.78 is 12.0. The van der Waals surface area contributed by atoms with Crippen molar-refractivity contribution in [2.24, 2.45) is 5.92 Å². The van der Waals surface area contributed by atoms with E-state index in [-0.39, 0.29) is 5.60 Å². The SMILES string of the molecule is Cc1nnc(N2CC3(C2)OCCC3CCOCc2ccncc2)s1. The van der Waals surface area contributed by atoms with E-state index in [2.05, 4.69) is 20.1 Å². The van der Waals surface area contributed by atoms with Crippen LogP contribution in [0, 0.1) is 12.8 Å². The Morgan fingerprint density at radius 1 is 1.33 bits per heavy atom. The Balaban J connectivity index is 1.25. The van der Waals surface area contributed by atoms with E-state index < -0.39 is 0 Å². The van der Waals surface area contributed by atoms with Crippen LogP contribution < -0.4 is 4.90 Å². The molecule has 4 rings (SSSR count). The van der Waals surface area contributed by atoms with Crippen LogP contribution in [-0.4, -0.2) is 47.1 Å². The Bertz CT molecular complexity index is 672. The van der Waals surface area contributed by atoms with Crippen LogP contribution in [0.15, 0.2) is 24.5 Å².